The van der Waals surface area contributed by atoms with Gasteiger partial charge in [-0.3, -0.25) is 14.5 Å². The van der Waals surface area contributed by atoms with Crippen LogP contribution < -0.4 is 0 Å². The quantitative estimate of drug-likeness (QED) is 0.212. The molecule has 0 spiro atoms. The van der Waals surface area contributed by atoms with Gasteiger partial charge >= 0.3 is 0 Å². The van der Waals surface area contributed by atoms with Crippen molar-refractivity contribution >= 4 is 11.9 Å². The zero-order chi connectivity index (χ0) is 29.0. The molecule has 7 rings (SSSR count). The van der Waals surface area contributed by atoms with Crippen LogP contribution in [0.2, 0.25) is 0 Å². The zero-order valence-electron chi connectivity index (χ0n) is 22.6. The third kappa shape index (κ3) is 5.03. The number of carbonyl (C=O) groups excluding carboxylic acids is 1. The van der Waals surface area contributed by atoms with Crippen LogP contribution in [0.1, 0.15) is 77.0 Å². The largest absolute Gasteiger partial charge is 0.298 e. The first-order valence-corrected chi connectivity index (χ1v) is 14.1. The van der Waals surface area contributed by atoms with Crippen molar-refractivity contribution in [1.29, 1.82) is 0 Å². The van der Waals surface area contributed by atoms with Gasteiger partial charge in [0.2, 0.25) is 0 Å². The highest BCUT2D eigenvalue weighted by Crippen LogP contribution is 2.55. The Morgan fingerprint density at radius 2 is 1.88 bits per heavy atom. The fraction of sp³-hybridized carbons (Fsp3) is 0.344. The molecule has 10 heteroatoms. The number of allylic oxidation sites excluding steroid dienone is 1. The fourth-order valence-corrected chi connectivity index (χ4v) is 6.67. The lowest BCUT2D eigenvalue weighted by Crippen LogP contribution is -2.19. The molecule has 0 unspecified atom stereocenters. The van der Waals surface area contributed by atoms with Crippen LogP contribution in [0.25, 0.3) is 17.2 Å². The molecular weight excluding hydrogens is 546 g/mol. The minimum atomic E-state index is -2.71. The molecule has 0 bridgehead atoms. The van der Waals surface area contributed by atoms with E-state index in [1.165, 1.54) is 23.1 Å². The van der Waals surface area contributed by atoms with E-state index in [0.29, 0.717) is 34.7 Å². The highest BCUT2D eigenvalue weighted by Gasteiger charge is 2.46. The van der Waals surface area contributed by atoms with E-state index in [1.54, 1.807) is 12.4 Å². The van der Waals surface area contributed by atoms with Crippen LogP contribution in [0.15, 0.2) is 49.1 Å². The van der Waals surface area contributed by atoms with Crippen molar-refractivity contribution in [2.75, 3.05) is 0 Å². The van der Waals surface area contributed by atoms with Gasteiger partial charge in [0, 0.05) is 65.5 Å². The maximum atomic E-state index is 14.2. The third-order valence-electron chi connectivity index (χ3n) is 8.63. The van der Waals surface area contributed by atoms with E-state index < -0.39 is 24.0 Å². The molecule has 3 aliphatic rings. The SMILES string of the molecule is O=C(C[C@H](Cc1cc(F)cc(F)c1)c1ncncc1-c1cnc2c(c1)C=CC2)Cn1nc(C(F)F)c2c1[C@H]1C[C@H]1CC2. The Bertz CT molecular complexity index is 1710. The number of rotatable bonds is 9. The first-order valence-electron chi connectivity index (χ1n) is 14.1. The molecule has 3 aliphatic carbocycles. The van der Waals surface area contributed by atoms with Crippen LogP contribution in [-0.2, 0) is 30.6 Å². The molecule has 1 saturated carbocycles. The van der Waals surface area contributed by atoms with Crippen LogP contribution in [0, 0.1) is 17.6 Å². The molecule has 0 N–H and O–H groups in total. The average molecular weight is 574 g/mol. The number of halogens is 4. The minimum absolute atomic E-state index is 0.0346. The number of hydrogen-bond donors (Lipinski definition) is 0. The summed E-state index contributed by atoms with van der Waals surface area (Å²) >= 11 is 0. The molecule has 3 atom stereocenters. The normalized spacial score (nSPS) is 19.0. The second-order valence-corrected chi connectivity index (χ2v) is 11.5. The maximum absolute atomic E-state index is 14.2. The van der Waals surface area contributed by atoms with Crippen molar-refractivity contribution in [1.82, 2.24) is 24.7 Å². The molecule has 3 aromatic heterocycles. The summed E-state index contributed by atoms with van der Waals surface area (Å²) in [7, 11) is 0. The molecule has 0 radical (unpaired) electrons. The molecule has 4 aromatic rings. The Kier molecular flexibility index (Phi) is 6.71. The van der Waals surface area contributed by atoms with Crippen molar-refractivity contribution in [2.24, 2.45) is 5.92 Å². The second kappa shape index (κ2) is 10.6. The molecule has 3 heterocycles. The number of carbonyl (C=O) groups is 1. The van der Waals surface area contributed by atoms with Gasteiger partial charge in [-0.2, -0.15) is 5.10 Å². The Morgan fingerprint density at radius 3 is 2.69 bits per heavy atom. The summed E-state index contributed by atoms with van der Waals surface area (Å²) in [6.45, 7) is -0.155. The highest BCUT2D eigenvalue weighted by molar-refractivity contribution is 5.80. The molecule has 1 aromatic carbocycles. The van der Waals surface area contributed by atoms with Gasteiger partial charge in [-0.15, -0.1) is 0 Å². The smallest absolute Gasteiger partial charge is 0.282 e. The van der Waals surface area contributed by atoms with Crippen LogP contribution in [0.4, 0.5) is 17.6 Å². The number of alkyl halides is 2. The van der Waals surface area contributed by atoms with Crippen LogP contribution in [0.5, 0.6) is 0 Å². The predicted octanol–water partition coefficient (Wildman–Crippen LogP) is 6.56. The highest BCUT2D eigenvalue weighted by atomic mass is 19.3. The predicted molar refractivity (Wildman–Crippen MR) is 147 cm³/mol. The molecule has 0 saturated heterocycles. The topological polar surface area (TPSA) is 73.6 Å². The molecule has 0 aliphatic heterocycles. The molecule has 42 heavy (non-hydrogen) atoms. The van der Waals surface area contributed by atoms with Crippen LogP contribution in [0.3, 0.4) is 0 Å². The molecule has 0 amide bonds. The zero-order valence-corrected chi connectivity index (χ0v) is 22.6. The van der Waals surface area contributed by atoms with Gasteiger partial charge in [-0.25, -0.2) is 27.5 Å². The van der Waals surface area contributed by atoms with Gasteiger partial charge in [0.1, 0.15) is 23.7 Å². The number of benzene rings is 1. The first-order chi connectivity index (χ1) is 20.3. The summed E-state index contributed by atoms with van der Waals surface area (Å²) in [5.41, 5.74) is 5.42. The Labute approximate surface area is 239 Å². The summed E-state index contributed by atoms with van der Waals surface area (Å²) in [5.74, 6) is -1.60. The van der Waals surface area contributed by atoms with Crippen molar-refractivity contribution in [3.8, 4) is 11.1 Å². The van der Waals surface area contributed by atoms with Gasteiger partial charge in [0.05, 0.1) is 17.9 Å². The van der Waals surface area contributed by atoms with E-state index in [-0.39, 0.29) is 36.8 Å². The minimum Gasteiger partial charge on any atom is -0.298 e. The van der Waals surface area contributed by atoms with E-state index >= 15 is 0 Å². The van der Waals surface area contributed by atoms with Gasteiger partial charge in [0.25, 0.3) is 6.43 Å². The summed E-state index contributed by atoms with van der Waals surface area (Å²) in [6, 6.07) is 5.28. The van der Waals surface area contributed by atoms with Crippen molar-refractivity contribution in [3.63, 3.8) is 0 Å². The lowest BCUT2D eigenvalue weighted by molar-refractivity contribution is -0.120. The number of nitrogens with zero attached hydrogens (tertiary/aromatic N) is 5. The van der Waals surface area contributed by atoms with Crippen LogP contribution in [-0.4, -0.2) is 30.5 Å². The summed E-state index contributed by atoms with van der Waals surface area (Å²) in [5, 5.41) is 4.20. The Balaban J connectivity index is 1.23. The van der Waals surface area contributed by atoms with E-state index in [9.17, 15) is 22.4 Å². The van der Waals surface area contributed by atoms with Gasteiger partial charge in [-0.1, -0.05) is 12.2 Å². The number of aromatic nitrogens is 5. The average Bonchev–Trinajstić information content (AvgIpc) is 3.43. The van der Waals surface area contributed by atoms with E-state index in [1.807, 2.05) is 18.2 Å². The molecular formula is C32H27F4N5O. The molecule has 1 fully saturated rings. The summed E-state index contributed by atoms with van der Waals surface area (Å²) in [4.78, 5) is 27.0. The number of ketones is 1. The van der Waals surface area contributed by atoms with Crippen molar-refractivity contribution in [3.05, 3.63) is 100 Å². The summed E-state index contributed by atoms with van der Waals surface area (Å²) in [6.07, 6.45) is 9.29. The van der Waals surface area contributed by atoms with Crippen molar-refractivity contribution < 1.29 is 22.4 Å². The second-order valence-electron chi connectivity index (χ2n) is 11.5. The lowest BCUT2D eigenvalue weighted by Gasteiger charge is -2.20. The number of pyridine rings is 1. The number of fused-ring (bicyclic) bond motifs is 4. The maximum Gasteiger partial charge on any atom is 0.282 e. The van der Waals surface area contributed by atoms with Gasteiger partial charge in [-0.05, 0) is 60.9 Å². The lowest BCUT2D eigenvalue weighted by atomic mass is 9.87. The van der Waals surface area contributed by atoms with Crippen LogP contribution >= 0.6 is 0 Å². The van der Waals surface area contributed by atoms with E-state index in [4.69, 9.17) is 0 Å². The molecule has 214 valence electrons. The monoisotopic (exact) mass is 573 g/mol. The van der Waals surface area contributed by atoms with Crippen molar-refractivity contribution in [2.45, 2.75) is 63.3 Å². The Morgan fingerprint density at radius 1 is 1.05 bits per heavy atom. The Hall–Kier alpha value is -4.21. The van der Waals surface area contributed by atoms with E-state index in [0.717, 1.165) is 47.8 Å². The molecule has 6 nitrogen and oxygen atoms in total. The number of Topliss-reactive ketones (excluding diaryl/α,β-unsaturated/α-hetero) is 1. The third-order valence-corrected chi connectivity index (χ3v) is 8.63. The standard InChI is InChI=1S/C32H27F4N5O/c33-22-7-17(8-23(34)12-22)6-20(29-27(14-37-16-39-29)21-9-19-2-1-3-28(19)38-13-21)10-24(42)15-41-31-25(30(40-41)32(35)36)5-4-18-11-26(18)31/h1-2,7-9,12-14,16,18,20,26,32H,3-6,10-11,15H2/t18-,20+,26+/m1/s1. The van der Waals surface area contributed by atoms with E-state index in [2.05, 4.69) is 20.1 Å². The fourth-order valence-electron chi connectivity index (χ4n) is 6.67. The van der Waals surface area contributed by atoms with Gasteiger partial charge < -0.3 is 0 Å². The van der Waals surface area contributed by atoms with Gasteiger partial charge in [0.15, 0.2) is 5.78 Å². The first kappa shape index (κ1) is 26.7. The summed E-state index contributed by atoms with van der Waals surface area (Å²) < 4.78 is 57.4. The number of hydrogen-bond acceptors (Lipinski definition) is 5.